The van der Waals surface area contributed by atoms with Crippen LogP contribution in [-0.2, 0) is 0 Å². The maximum Gasteiger partial charge on any atom is 0.270 e. The predicted molar refractivity (Wildman–Crippen MR) is 115 cm³/mol. The number of hydrogen-bond acceptors (Lipinski definition) is 7. The molecule has 0 unspecified atom stereocenters. The van der Waals surface area contributed by atoms with Gasteiger partial charge in [-0.15, -0.1) is 0 Å². The zero-order chi connectivity index (χ0) is 22.4. The van der Waals surface area contributed by atoms with E-state index in [0.29, 0.717) is 10.5 Å². The Morgan fingerprint density at radius 2 is 1.58 bits per heavy atom. The second kappa shape index (κ2) is 9.47. The minimum atomic E-state index is -0.714. The molecule has 0 spiro atoms. The largest absolute Gasteiger partial charge is 0.288 e. The molecular weight excluding hydrogens is 418 g/mol. The zero-order valence-corrected chi connectivity index (χ0v) is 16.6. The topological polar surface area (TPSA) is 127 Å². The van der Waals surface area contributed by atoms with Crippen molar-refractivity contribution in [2.75, 3.05) is 0 Å². The van der Waals surface area contributed by atoms with Crippen LogP contribution in [0.1, 0.15) is 15.9 Å². The number of nitro groups is 2. The van der Waals surface area contributed by atoms with Crippen LogP contribution in [0.2, 0.25) is 0 Å². The standard InChI is InChI=1S/C22H13N3O5S/c23-14-17(22(26)15-5-4-6-18(12-15)24(27)28)11-16-13-19(25(29)30)9-10-21(16)31-20-7-2-1-3-8-20/h1-13H/b17-11-. The molecule has 3 aromatic rings. The van der Waals surface area contributed by atoms with Crippen molar-refractivity contribution in [2.24, 2.45) is 0 Å². The molecule has 0 N–H and O–H groups in total. The molecule has 0 saturated heterocycles. The average Bonchev–Trinajstić information content (AvgIpc) is 2.78. The van der Waals surface area contributed by atoms with Crippen molar-refractivity contribution in [1.29, 1.82) is 5.26 Å². The number of allylic oxidation sites excluding steroid dienone is 1. The summed E-state index contributed by atoms with van der Waals surface area (Å²) < 4.78 is 0. The summed E-state index contributed by atoms with van der Waals surface area (Å²) in [6.07, 6.45) is 1.26. The summed E-state index contributed by atoms with van der Waals surface area (Å²) in [5, 5.41) is 31.7. The lowest BCUT2D eigenvalue weighted by Gasteiger charge is -2.07. The van der Waals surface area contributed by atoms with E-state index in [0.717, 1.165) is 11.0 Å². The Morgan fingerprint density at radius 1 is 0.903 bits per heavy atom. The molecule has 0 fully saturated rings. The molecule has 3 rings (SSSR count). The first-order valence-corrected chi connectivity index (χ1v) is 9.63. The summed E-state index contributed by atoms with van der Waals surface area (Å²) in [6.45, 7) is 0. The first kappa shape index (κ1) is 21.4. The van der Waals surface area contributed by atoms with E-state index < -0.39 is 15.6 Å². The van der Waals surface area contributed by atoms with Crippen molar-refractivity contribution in [3.8, 4) is 6.07 Å². The number of nitro benzene ring substituents is 2. The SMILES string of the molecule is N#C/C(=C/c1cc([N+](=O)[O-])ccc1Sc1ccccc1)C(=O)c1cccc([N+](=O)[O-])c1. The van der Waals surface area contributed by atoms with Crippen LogP contribution in [0.3, 0.4) is 0 Å². The van der Waals surface area contributed by atoms with E-state index in [4.69, 9.17) is 0 Å². The summed E-state index contributed by atoms with van der Waals surface area (Å²) in [6, 6.07) is 20.3. The average molecular weight is 431 g/mol. The quantitative estimate of drug-likeness (QED) is 0.160. The molecule has 0 aliphatic rings. The third-order valence-corrected chi connectivity index (χ3v) is 5.26. The van der Waals surface area contributed by atoms with Crippen molar-refractivity contribution in [2.45, 2.75) is 9.79 Å². The summed E-state index contributed by atoms with van der Waals surface area (Å²) >= 11 is 1.32. The van der Waals surface area contributed by atoms with E-state index in [9.17, 15) is 30.3 Å². The fourth-order valence-electron chi connectivity index (χ4n) is 2.69. The summed E-state index contributed by atoms with van der Waals surface area (Å²) in [5.41, 5.74) is -0.471. The number of Topliss-reactive ketones (excluding diaryl/α,β-unsaturated/α-hetero) is 1. The first-order chi connectivity index (χ1) is 14.9. The Bertz CT molecular complexity index is 1250. The van der Waals surface area contributed by atoms with E-state index in [-0.39, 0.29) is 22.5 Å². The van der Waals surface area contributed by atoms with Crippen LogP contribution in [0.4, 0.5) is 11.4 Å². The minimum Gasteiger partial charge on any atom is -0.288 e. The Kier molecular flexibility index (Phi) is 6.54. The molecule has 0 bridgehead atoms. The predicted octanol–water partition coefficient (Wildman–Crippen LogP) is 5.44. The van der Waals surface area contributed by atoms with Gasteiger partial charge in [0, 0.05) is 39.6 Å². The smallest absolute Gasteiger partial charge is 0.270 e. The summed E-state index contributed by atoms with van der Waals surface area (Å²) in [4.78, 5) is 35.3. The van der Waals surface area contributed by atoms with Gasteiger partial charge in [0.25, 0.3) is 11.4 Å². The highest BCUT2D eigenvalue weighted by Gasteiger charge is 2.18. The van der Waals surface area contributed by atoms with Crippen molar-refractivity contribution >= 4 is 35.0 Å². The molecule has 0 heterocycles. The number of benzene rings is 3. The van der Waals surface area contributed by atoms with Crippen molar-refractivity contribution < 1.29 is 14.6 Å². The number of nitriles is 1. The highest BCUT2D eigenvalue weighted by Crippen LogP contribution is 2.34. The number of carbonyl (C=O) groups is 1. The third-order valence-electron chi connectivity index (χ3n) is 4.16. The molecule has 9 heteroatoms. The molecule has 8 nitrogen and oxygen atoms in total. The van der Waals surface area contributed by atoms with E-state index >= 15 is 0 Å². The van der Waals surface area contributed by atoms with Crippen LogP contribution in [0, 0.1) is 31.6 Å². The van der Waals surface area contributed by atoms with Gasteiger partial charge in [0.2, 0.25) is 5.78 Å². The lowest BCUT2D eigenvalue weighted by Crippen LogP contribution is -2.03. The van der Waals surface area contributed by atoms with Gasteiger partial charge in [-0.05, 0) is 29.8 Å². The van der Waals surface area contributed by atoms with Crippen LogP contribution in [0.5, 0.6) is 0 Å². The fraction of sp³-hybridized carbons (Fsp3) is 0. The van der Waals surface area contributed by atoms with Gasteiger partial charge in [0.05, 0.1) is 9.85 Å². The lowest BCUT2D eigenvalue weighted by molar-refractivity contribution is -0.385. The molecule has 0 atom stereocenters. The molecular formula is C22H13N3O5S. The van der Waals surface area contributed by atoms with Crippen LogP contribution < -0.4 is 0 Å². The fourth-order valence-corrected chi connectivity index (χ4v) is 3.61. The Hall–Kier alpha value is -4.29. The van der Waals surface area contributed by atoms with Gasteiger partial charge in [-0.25, -0.2) is 0 Å². The van der Waals surface area contributed by atoms with Gasteiger partial charge >= 0.3 is 0 Å². The molecule has 0 aromatic heterocycles. The normalized spacial score (nSPS) is 10.9. The monoisotopic (exact) mass is 431 g/mol. The number of non-ortho nitro benzene ring substituents is 2. The summed E-state index contributed by atoms with van der Waals surface area (Å²) in [7, 11) is 0. The van der Waals surface area contributed by atoms with Gasteiger partial charge in [-0.2, -0.15) is 5.26 Å². The lowest BCUT2D eigenvalue weighted by atomic mass is 10.0. The van der Waals surface area contributed by atoms with Gasteiger partial charge in [-0.3, -0.25) is 25.0 Å². The van der Waals surface area contributed by atoms with Crippen molar-refractivity contribution in [3.63, 3.8) is 0 Å². The van der Waals surface area contributed by atoms with Gasteiger partial charge in [0.15, 0.2) is 0 Å². The minimum absolute atomic E-state index is 0.0234. The molecule has 0 aliphatic carbocycles. The maximum atomic E-state index is 12.8. The van der Waals surface area contributed by atoms with E-state index in [1.165, 1.54) is 48.2 Å². The molecule has 0 amide bonds. The third kappa shape index (κ3) is 5.20. The number of ketones is 1. The Labute approximate surface area is 180 Å². The van der Waals surface area contributed by atoms with Crippen molar-refractivity contribution in [1.82, 2.24) is 0 Å². The maximum absolute atomic E-state index is 12.8. The highest BCUT2D eigenvalue weighted by molar-refractivity contribution is 7.99. The van der Waals surface area contributed by atoms with Crippen LogP contribution >= 0.6 is 11.8 Å². The molecule has 0 saturated carbocycles. The van der Waals surface area contributed by atoms with Gasteiger partial charge in [0.1, 0.15) is 11.6 Å². The van der Waals surface area contributed by atoms with Crippen molar-refractivity contribution in [3.05, 3.63) is 110 Å². The van der Waals surface area contributed by atoms with E-state index in [2.05, 4.69) is 0 Å². The van der Waals surface area contributed by atoms with Gasteiger partial charge in [-0.1, -0.05) is 42.1 Å². The Morgan fingerprint density at radius 3 is 2.23 bits per heavy atom. The number of nitrogens with zero attached hydrogens (tertiary/aromatic N) is 3. The van der Waals surface area contributed by atoms with Gasteiger partial charge < -0.3 is 0 Å². The van der Waals surface area contributed by atoms with Crippen LogP contribution in [0.15, 0.2) is 88.2 Å². The number of hydrogen-bond donors (Lipinski definition) is 0. The first-order valence-electron chi connectivity index (χ1n) is 8.81. The van der Waals surface area contributed by atoms with E-state index in [1.807, 2.05) is 30.3 Å². The molecule has 0 radical (unpaired) electrons. The second-order valence-corrected chi connectivity index (χ2v) is 7.32. The van der Waals surface area contributed by atoms with E-state index in [1.54, 1.807) is 12.1 Å². The summed E-state index contributed by atoms with van der Waals surface area (Å²) in [5.74, 6) is -0.714. The molecule has 152 valence electrons. The molecule has 3 aromatic carbocycles. The zero-order valence-electron chi connectivity index (χ0n) is 15.8. The van der Waals surface area contributed by atoms with Crippen LogP contribution in [-0.4, -0.2) is 15.6 Å². The van der Waals surface area contributed by atoms with Crippen LogP contribution in [0.25, 0.3) is 6.08 Å². The Balaban J connectivity index is 2.06. The number of rotatable bonds is 7. The second-order valence-electron chi connectivity index (χ2n) is 6.20. The number of carbonyl (C=O) groups excluding carboxylic acids is 1. The molecule has 31 heavy (non-hydrogen) atoms. The molecule has 0 aliphatic heterocycles. The highest BCUT2D eigenvalue weighted by atomic mass is 32.2.